The van der Waals surface area contributed by atoms with E-state index in [0.717, 1.165) is 63.9 Å². The fourth-order valence-corrected chi connectivity index (χ4v) is 2.69. The van der Waals surface area contributed by atoms with Gasteiger partial charge in [0.1, 0.15) is 0 Å². The van der Waals surface area contributed by atoms with Gasteiger partial charge in [-0.3, -0.25) is 9.80 Å². The highest BCUT2D eigenvalue weighted by Crippen LogP contribution is 2.27. The Morgan fingerprint density at radius 1 is 1.25 bits per heavy atom. The van der Waals surface area contributed by atoms with Gasteiger partial charge in [0.05, 0.1) is 44.2 Å². The van der Waals surface area contributed by atoms with Crippen molar-refractivity contribution in [1.82, 2.24) is 15.0 Å². The molecule has 0 saturated carbocycles. The van der Waals surface area contributed by atoms with Gasteiger partial charge in [-0.15, -0.1) is 0 Å². The third-order valence-corrected chi connectivity index (χ3v) is 4.29. The Hall–Kier alpha value is -0.950. The Bertz CT molecular complexity index is 437. The first-order valence-corrected chi connectivity index (χ1v) is 7.18. The molecule has 0 aliphatic carbocycles. The second-order valence-electron chi connectivity index (χ2n) is 5.96. The van der Waals surface area contributed by atoms with E-state index in [1.54, 1.807) is 0 Å². The van der Waals surface area contributed by atoms with Crippen molar-refractivity contribution in [1.29, 1.82) is 0 Å². The lowest BCUT2D eigenvalue weighted by Gasteiger charge is -2.46. The predicted octanol–water partition coefficient (Wildman–Crippen LogP) is 0.380. The molecule has 6 heteroatoms. The molecule has 0 aromatic carbocycles. The number of morpholine rings is 1. The molecule has 2 aliphatic rings. The second kappa shape index (κ2) is 5.81. The standard InChI is InChI=1S/C14H23N3O3/c1-16(2)14(10-19-11-14)8-12-7-13(20-15-12)9-17-3-5-18-6-4-17/h7H,3-6,8-11H2,1-2H3. The van der Waals surface area contributed by atoms with E-state index in [-0.39, 0.29) is 5.54 Å². The average Bonchev–Trinajstić information content (AvgIpc) is 2.82. The summed E-state index contributed by atoms with van der Waals surface area (Å²) in [4.78, 5) is 4.56. The average molecular weight is 281 g/mol. The fourth-order valence-electron chi connectivity index (χ4n) is 2.69. The summed E-state index contributed by atoms with van der Waals surface area (Å²) in [5, 5.41) is 4.22. The van der Waals surface area contributed by atoms with E-state index >= 15 is 0 Å². The van der Waals surface area contributed by atoms with Gasteiger partial charge < -0.3 is 14.0 Å². The molecule has 6 nitrogen and oxygen atoms in total. The highest BCUT2D eigenvalue weighted by Gasteiger charge is 2.41. The number of likely N-dealkylation sites (N-methyl/N-ethyl adjacent to an activating group) is 1. The highest BCUT2D eigenvalue weighted by molar-refractivity contribution is 5.12. The molecule has 2 saturated heterocycles. The molecule has 0 unspecified atom stereocenters. The third-order valence-electron chi connectivity index (χ3n) is 4.29. The largest absolute Gasteiger partial charge is 0.379 e. The van der Waals surface area contributed by atoms with Crippen LogP contribution in [0.5, 0.6) is 0 Å². The van der Waals surface area contributed by atoms with Crippen molar-refractivity contribution in [2.24, 2.45) is 0 Å². The summed E-state index contributed by atoms with van der Waals surface area (Å²) in [6.07, 6.45) is 0.882. The molecule has 2 aliphatic heterocycles. The monoisotopic (exact) mass is 281 g/mol. The Kier molecular flexibility index (Phi) is 4.07. The summed E-state index contributed by atoms with van der Waals surface area (Å²) < 4.78 is 16.2. The molecule has 0 N–H and O–H groups in total. The van der Waals surface area contributed by atoms with Crippen LogP contribution in [0.2, 0.25) is 0 Å². The molecule has 112 valence electrons. The zero-order chi connectivity index (χ0) is 14.0. The third kappa shape index (κ3) is 2.88. The molecule has 1 aromatic heterocycles. The minimum atomic E-state index is 0.0904. The first-order valence-electron chi connectivity index (χ1n) is 7.18. The molecule has 0 spiro atoms. The van der Waals surface area contributed by atoms with Gasteiger partial charge in [-0.1, -0.05) is 5.16 Å². The van der Waals surface area contributed by atoms with E-state index in [2.05, 4.69) is 35.1 Å². The number of ether oxygens (including phenoxy) is 2. The lowest BCUT2D eigenvalue weighted by atomic mass is 9.90. The van der Waals surface area contributed by atoms with Crippen molar-refractivity contribution < 1.29 is 14.0 Å². The minimum Gasteiger partial charge on any atom is -0.379 e. The summed E-state index contributed by atoms with van der Waals surface area (Å²) in [6.45, 7) is 5.90. The lowest BCUT2D eigenvalue weighted by molar-refractivity contribution is -0.124. The number of rotatable bonds is 5. The number of aromatic nitrogens is 1. The van der Waals surface area contributed by atoms with E-state index in [9.17, 15) is 0 Å². The van der Waals surface area contributed by atoms with Gasteiger partial charge >= 0.3 is 0 Å². The summed E-state index contributed by atoms with van der Waals surface area (Å²) >= 11 is 0. The number of hydrogen-bond acceptors (Lipinski definition) is 6. The van der Waals surface area contributed by atoms with Crippen molar-refractivity contribution in [3.05, 3.63) is 17.5 Å². The van der Waals surface area contributed by atoms with Crippen LogP contribution in [0.25, 0.3) is 0 Å². The Morgan fingerprint density at radius 2 is 2.00 bits per heavy atom. The molecular formula is C14H23N3O3. The van der Waals surface area contributed by atoms with Crippen LogP contribution < -0.4 is 0 Å². The SMILES string of the molecule is CN(C)C1(Cc2cc(CN3CCOCC3)on2)COC1. The van der Waals surface area contributed by atoms with Gasteiger partial charge in [-0.05, 0) is 14.1 Å². The summed E-state index contributed by atoms with van der Waals surface area (Å²) in [5.41, 5.74) is 1.11. The smallest absolute Gasteiger partial charge is 0.150 e. The molecule has 1 aromatic rings. The van der Waals surface area contributed by atoms with Crippen molar-refractivity contribution >= 4 is 0 Å². The van der Waals surface area contributed by atoms with Crippen LogP contribution in [0.4, 0.5) is 0 Å². The second-order valence-corrected chi connectivity index (χ2v) is 5.96. The van der Waals surface area contributed by atoms with Gasteiger partial charge in [-0.25, -0.2) is 0 Å². The Balaban J connectivity index is 1.59. The van der Waals surface area contributed by atoms with Crippen molar-refractivity contribution in [3.63, 3.8) is 0 Å². The molecule has 0 amide bonds. The first kappa shape index (κ1) is 14.0. The van der Waals surface area contributed by atoms with Crippen LogP contribution >= 0.6 is 0 Å². The molecular weight excluding hydrogens is 258 g/mol. The first-order chi connectivity index (χ1) is 9.68. The van der Waals surface area contributed by atoms with Gasteiger partial charge in [0.25, 0.3) is 0 Å². The van der Waals surface area contributed by atoms with Crippen molar-refractivity contribution in [3.8, 4) is 0 Å². The minimum absolute atomic E-state index is 0.0904. The normalized spacial score (nSPS) is 22.9. The molecule has 0 radical (unpaired) electrons. The maximum atomic E-state index is 5.47. The van der Waals surface area contributed by atoms with E-state index < -0.39 is 0 Å². The van der Waals surface area contributed by atoms with Crippen LogP contribution in [0.1, 0.15) is 11.5 Å². The zero-order valence-electron chi connectivity index (χ0n) is 12.3. The maximum Gasteiger partial charge on any atom is 0.150 e. The molecule has 0 atom stereocenters. The van der Waals surface area contributed by atoms with Crippen LogP contribution in [-0.2, 0) is 22.4 Å². The van der Waals surface area contributed by atoms with Crippen molar-refractivity contribution in [2.75, 3.05) is 53.6 Å². The molecule has 20 heavy (non-hydrogen) atoms. The predicted molar refractivity (Wildman–Crippen MR) is 73.5 cm³/mol. The molecule has 3 heterocycles. The summed E-state index contributed by atoms with van der Waals surface area (Å²) in [5.74, 6) is 0.941. The van der Waals surface area contributed by atoms with Gasteiger partial charge in [0.15, 0.2) is 5.76 Å². The van der Waals surface area contributed by atoms with Crippen LogP contribution in [0.15, 0.2) is 10.6 Å². The van der Waals surface area contributed by atoms with E-state index in [1.807, 2.05) is 0 Å². The van der Waals surface area contributed by atoms with Crippen molar-refractivity contribution in [2.45, 2.75) is 18.5 Å². The molecule has 3 rings (SSSR count). The quantitative estimate of drug-likeness (QED) is 0.778. The van der Waals surface area contributed by atoms with E-state index in [4.69, 9.17) is 14.0 Å². The fraction of sp³-hybridized carbons (Fsp3) is 0.786. The molecule has 0 bridgehead atoms. The van der Waals surface area contributed by atoms with Gasteiger partial charge in [0.2, 0.25) is 0 Å². The summed E-state index contributed by atoms with van der Waals surface area (Å²) in [6, 6.07) is 2.08. The number of hydrogen-bond donors (Lipinski definition) is 0. The van der Waals surface area contributed by atoms with Crippen LogP contribution in [0, 0.1) is 0 Å². The Labute approximate surface area is 119 Å². The van der Waals surface area contributed by atoms with E-state index in [1.165, 1.54) is 0 Å². The lowest BCUT2D eigenvalue weighted by Crippen LogP contribution is -2.61. The molecule has 2 fully saturated rings. The maximum absolute atomic E-state index is 5.47. The van der Waals surface area contributed by atoms with Gasteiger partial charge in [-0.2, -0.15) is 0 Å². The van der Waals surface area contributed by atoms with Crippen LogP contribution in [-0.4, -0.2) is 74.1 Å². The van der Waals surface area contributed by atoms with Gasteiger partial charge in [0, 0.05) is 25.6 Å². The summed E-state index contributed by atoms with van der Waals surface area (Å²) in [7, 11) is 4.19. The highest BCUT2D eigenvalue weighted by atomic mass is 16.5. The van der Waals surface area contributed by atoms with E-state index in [0.29, 0.717) is 0 Å². The zero-order valence-corrected chi connectivity index (χ0v) is 12.3. The Morgan fingerprint density at radius 3 is 2.60 bits per heavy atom. The van der Waals surface area contributed by atoms with Crippen LogP contribution in [0.3, 0.4) is 0 Å². The topological polar surface area (TPSA) is 51.0 Å². The number of nitrogens with zero attached hydrogens (tertiary/aromatic N) is 3.